The molecule has 4 heterocycles. The normalized spacial score (nSPS) is 19.0. The molecule has 0 saturated heterocycles. The van der Waals surface area contributed by atoms with Crippen LogP contribution in [0.4, 0.5) is 0 Å². The first-order valence-electron chi connectivity index (χ1n) is 10.0. The molecule has 1 unspecified atom stereocenters. The number of fused-ring (bicyclic) bond motifs is 5. The second-order valence-corrected chi connectivity index (χ2v) is 8.33. The molecule has 0 bridgehead atoms. The van der Waals surface area contributed by atoms with E-state index in [1.807, 2.05) is 0 Å². The number of aliphatic hydroxyl groups is 1. The summed E-state index contributed by atoms with van der Waals surface area (Å²) in [5.41, 5.74) is 9.29. The van der Waals surface area contributed by atoms with Crippen molar-refractivity contribution >= 4 is 16.9 Å². The summed E-state index contributed by atoms with van der Waals surface area (Å²) in [6, 6.07) is 3.89. The van der Waals surface area contributed by atoms with E-state index in [1.165, 1.54) is 27.6 Å². The fourth-order valence-electron chi connectivity index (χ4n) is 5.24. The van der Waals surface area contributed by atoms with Gasteiger partial charge in [-0.1, -0.05) is 0 Å². The van der Waals surface area contributed by atoms with Gasteiger partial charge >= 0.3 is 5.97 Å². The van der Waals surface area contributed by atoms with Crippen LogP contribution >= 0.6 is 0 Å². The average Bonchev–Trinajstić information content (AvgIpc) is 3.08. The SMILES string of the molecule is Cc1cc2nc3c(c4c2c(c1C)CCC4)Cn1c-3cc2c(c1=O)COC(=O)C2O. The lowest BCUT2D eigenvalue weighted by Gasteiger charge is -2.22. The van der Waals surface area contributed by atoms with E-state index in [1.54, 1.807) is 10.6 Å². The number of carbonyl (C=O) groups is 1. The molecule has 0 fully saturated rings. The number of cyclic esters (lactones) is 1. The number of ether oxygens (including phenoxy) is 1. The van der Waals surface area contributed by atoms with Crippen molar-refractivity contribution < 1.29 is 14.6 Å². The van der Waals surface area contributed by atoms with Gasteiger partial charge in [0.1, 0.15) is 6.61 Å². The van der Waals surface area contributed by atoms with E-state index in [-0.39, 0.29) is 12.2 Å². The van der Waals surface area contributed by atoms with Gasteiger partial charge in [0.15, 0.2) is 6.10 Å². The molecule has 6 nitrogen and oxygen atoms in total. The van der Waals surface area contributed by atoms with Gasteiger partial charge in [0.25, 0.3) is 5.56 Å². The quantitative estimate of drug-likeness (QED) is 0.469. The second kappa shape index (κ2) is 5.54. The van der Waals surface area contributed by atoms with Gasteiger partial charge in [0.2, 0.25) is 0 Å². The van der Waals surface area contributed by atoms with E-state index in [0.717, 1.165) is 36.0 Å². The highest BCUT2D eigenvalue weighted by atomic mass is 16.5. The maximum atomic E-state index is 13.1. The number of benzene rings is 1. The van der Waals surface area contributed by atoms with Crippen LogP contribution in [0.25, 0.3) is 22.3 Å². The third-order valence-electron chi connectivity index (χ3n) is 6.86. The van der Waals surface area contributed by atoms with Crippen LogP contribution in [0.3, 0.4) is 0 Å². The zero-order valence-corrected chi connectivity index (χ0v) is 16.3. The van der Waals surface area contributed by atoms with Crippen molar-refractivity contribution in [2.75, 3.05) is 0 Å². The Morgan fingerprint density at radius 2 is 1.90 bits per heavy atom. The third kappa shape index (κ3) is 2.07. The molecule has 6 rings (SSSR count). The van der Waals surface area contributed by atoms with Crippen LogP contribution < -0.4 is 5.56 Å². The van der Waals surface area contributed by atoms with Crippen LogP contribution in [0.15, 0.2) is 16.9 Å². The zero-order chi connectivity index (χ0) is 20.0. The van der Waals surface area contributed by atoms with Crippen LogP contribution in [-0.2, 0) is 35.5 Å². The number of aryl methyl sites for hydroxylation is 3. The van der Waals surface area contributed by atoms with E-state index in [4.69, 9.17) is 9.72 Å². The van der Waals surface area contributed by atoms with Gasteiger partial charge in [-0.3, -0.25) is 4.79 Å². The summed E-state index contributed by atoms with van der Waals surface area (Å²) in [7, 11) is 0. The smallest absolute Gasteiger partial charge is 0.340 e. The summed E-state index contributed by atoms with van der Waals surface area (Å²) in [6.45, 7) is 4.68. The van der Waals surface area contributed by atoms with Gasteiger partial charge in [0.05, 0.1) is 29.0 Å². The highest BCUT2D eigenvalue weighted by molar-refractivity contribution is 5.93. The number of rotatable bonds is 0. The first kappa shape index (κ1) is 16.9. The van der Waals surface area contributed by atoms with Crippen LogP contribution in [0, 0.1) is 13.8 Å². The molecule has 0 amide bonds. The Kier molecular flexibility index (Phi) is 3.23. The molecule has 1 aromatic carbocycles. The molecule has 3 aromatic rings. The van der Waals surface area contributed by atoms with Crippen molar-refractivity contribution in [3.63, 3.8) is 0 Å². The van der Waals surface area contributed by atoms with Crippen molar-refractivity contribution in [2.45, 2.75) is 52.4 Å². The molecule has 2 aromatic heterocycles. The first-order valence-corrected chi connectivity index (χ1v) is 10.0. The van der Waals surface area contributed by atoms with E-state index < -0.39 is 12.1 Å². The number of carbonyl (C=O) groups excluding carboxylic acids is 1. The molecule has 0 radical (unpaired) electrons. The number of esters is 1. The Balaban J connectivity index is 1.68. The van der Waals surface area contributed by atoms with Gasteiger partial charge in [-0.25, -0.2) is 9.78 Å². The van der Waals surface area contributed by atoms with Crippen LogP contribution in [-0.4, -0.2) is 20.6 Å². The maximum Gasteiger partial charge on any atom is 0.340 e. The van der Waals surface area contributed by atoms with Crippen molar-refractivity contribution in [1.82, 2.24) is 9.55 Å². The molecular weight excluding hydrogens is 368 g/mol. The maximum absolute atomic E-state index is 13.1. The van der Waals surface area contributed by atoms with Crippen molar-refractivity contribution in [3.8, 4) is 11.4 Å². The van der Waals surface area contributed by atoms with Crippen molar-refractivity contribution in [2.24, 2.45) is 0 Å². The van der Waals surface area contributed by atoms with Crippen LogP contribution in [0.2, 0.25) is 0 Å². The Labute approximate surface area is 166 Å². The summed E-state index contributed by atoms with van der Waals surface area (Å²) in [5.74, 6) is -0.711. The summed E-state index contributed by atoms with van der Waals surface area (Å²) in [6.07, 6.45) is 1.70. The Bertz CT molecular complexity index is 1340. The molecule has 1 aliphatic carbocycles. The third-order valence-corrected chi connectivity index (χ3v) is 6.86. The van der Waals surface area contributed by atoms with E-state index in [2.05, 4.69) is 19.9 Å². The monoisotopic (exact) mass is 388 g/mol. The minimum atomic E-state index is -1.42. The number of aliphatic hydroxyl groups excluding tert-OH is 1. The predicted molar refractivity (Wildman–Crippen MR) is 107 cm³/mol. The Hall–Kier alpha value is -2.99. The summed E-state index contributed by atoms with van der Waals surface area (Å²) in [4.78, 5) is 29.9. The lowest BCUT2D eigenvalue weighted by Crippen LogP contribution is -2.32. The highest BCUT2D eigenvalue weighted by Gasteiger charge is 2.35. The molecule has 6 heteroatoms. The number of nitrogens with zero attached hydrogens (tertiary/aromatic N) is 2. The largest absolute Gasteiger partial charge is 0.458 e. The number of pyridine rings is 2. The molecule has 0 saturated carbocycles. The molecule has 1 N–H and O–H groups in total. The topological polar surface area (TPSA) is 81.4 Å². The number of aromatic nitrogens is 2. The molecule has 2 aliphatic heterocycles. The summed E-state index contributed by atoms with van der Waals surface area (Å²) in [5, 5.41) is 11.5. The van der Waals surface area contributed by atoms with Gasteiger partial charge in [-0.05, 0) is 67.5 Å². The first-order chi connectivity index (χ1) is 14.0. The van der Waals surface area contributed by atoms with E-state index >= 15 is 0 Å². The molecule has 146 valence electrons. The minimum Gasteiger partial charge on any atom is -0.458 e. The summed E-state index contributed by atoms with van der Waals surface area (Å²) < 4.78 is 6.69. The van der Waals surface area contributed by atoms with Gasteiger partial charge in [-0.2, -0.15) is 0 Å². The fourth-order valence-corrected chi connectivity index (χ4v) is 5.24. The van der Waals surface area contributed by atoms with E-state index in [9.17, 15) is 14.7 Å². The van der Waals surface area contributed by atoms with Crippen molar-refractivity contribution in [3.05, 3.63) is 61.4 Å². The Morgan fingerprint density at radius 1 is 1.10 bits per heavy atom. The Morgan fingerprint density at radius 3 is 2.72 bits per heavy atom. The average molecular weight is 388 g/mol. The highest BCUT2D eigenvalue weighted by Crippen LogP contribution is 2.42. The standard InChI is InChI=1S/C23H20N2O4/c1-10-6-17-19-12(11(10)2)4-3-5-13(19)15-8-25-18(20(15)24-17)7-14-16(22(25)27)9-29-23(28)21(14)26/h6-7,21,26H,3-5,8-9H2,1-2H3. The lowest BCUT2D eigenvalue weighted by molar-refractivity contribution is -0.157. The van der Waals surface area contributed by atoms with Gasteiger partial charge in [0, 0.05) is 16.5 Å². The fraction of sp³-hybridized carbons (Fsp3) is 0.348. The summed E-state index contributed by atoms with van der Waals surface area (Å²) >= 11 is 0. The number of hydrogen-bond donors (Lipinski definition) is 1. The second-order valence-electron chi connectivity index (χ2n) is 8.33. The zero-order valence-electron chi connectivity index (χ0n) is 16.3. The molecular formula is C23H20N2O4. The van der Waals surface area contributed by atoms with Gasteiger partial charge < -0.3 is 14.4 Å². The van der Waals surface area contributed by atoms with Crippen LogP contribution in [0.1, 0.15) is 51.5 Å². The molecule has 1 atom stereocenters. The van der Waals surface area contributed by atoms with Gasteiger partial charge in [-0.15, -0.1) is 0 Å². The predicted octanol–water partition coefficient (Wildman–Crippen LogP) is 2.62. The van der Waals surface area contributed by atoms with Crippen molar-refractivity contribution in [1.29, 1.82) is 0 Å². The minimum absolute atomic E-state index is 0.0918. The number of hydrogen-bond acceptors (Lipinski definition) is 5. The molecule has 29 heavy (non-hydrogen) atoms. The molecule has 0 spiro atoms. The lowest BCUT2D eigenvalue weighted by atomic mass is 9.83. The molecule has 3 aliphatic rings. The van der Waals surface area contributed by atoms with E-state index in [0.29, 0.717) is 23.4 Å². The van der Waals surface area contributed by atoms with Crippen LogP contribution in [0.5, 0.6) is 0 Å².